The van der Waals surface area contributed by atoms with Gasteiger partial charge in [0.2, 0.25) is 0 Å². The molecule has 0 amide bonds. The molecular weight excluding hydrogens is 196 g/mol. The van der Waals surface area contributed by atoms with Crippen molar-refractivity contribution in [3.05, 3.63) is 42.0 Å². The molecule has 84 valence electrons. The average molecular weight is 214 g/mol. The van der Waals surface area contributed by atoms with Crippen molar-refractivity contribution >= 4 is 11.4 Å². The van der Waals surface area contributed by atoms with Gasteiger partial charge in [0.25, 0.3) is 0 Å². The van der Waals surface area contributed by atoms with Gasteiger partial charge in [0.15, 0.2) is 0 Å². The largest absolute Gasteiger partial charge is 0.298 e. The Bertz CT molecular complexity index is 426. The van der Waals surface area contributed by atoms with E-state index in [0.29, 0.717) is 5.78 Å². The second kappa shape index (κ2) is 3.89. The minimum Gasteiger partial charge on any atom is -0.298 e. The molecule has 0 fully saturated rings. The molecule has 0 radical (unpaired) electrons. The van der Waals surface area contributed by atoms with Crippen LogP contribution in [0.4, 0.5) is 0 Å². The average Bonchev–Trinajstić information content (AvgIpc) is 2.27. The molecule has 1 aliphatic carbocycles. The van der Waals surface area contributed by atoms with E-state index in [-0.39, 0.29) is 11.3 Å². The molecule has 2 rings (SSSR count). The molecule has 0 aliphatic heterocycles. The minimum atomic E-state index is -0.197. The maximum Gasteiger partial charge on any atom is 0.145 e. The van der Waals surface area contributed by atoms with Gasteiger partial charge in [0.1, 0.15) is 5.78 Å². The van der Waals surface area contributed by atoms with Crippen molar-refractivity contribution in [1.82, 2.24) is 0 Å². The van der Waals surface area contributed by atoms with Gasteiger partial charge in [-0.25, -0.2) is 0 Å². The fraction of sp³-hybridized carbons (Fsp3) is 0.400. The van der Waals surface area contributed by atoms with Gasteiger partial charge in [-0.15, -0.1) is 0 Å². The number of hydrogen-bond acceptors (Lipinski definition) is 1. The third kappa shape index (κ3) is 1.82. The van der Waals surface area contributed by atoms with Gasteiger partial charge in [0.05, 0.1) is 0 Å². The number of hydrogen-bond donors (Lipinski definition) is 0. The zero-order valence-corrected chi connectivity index (χ0v) is 10.2. The van der Waals surface area contributed by atoms with Gasteiger partial charge < -0.3 is 0 Å². The summed E-state index contributed by atoms with van der Waals surface area (Å²) in [6.07, 6.45) is 3.07. The lowest BCUT2D eigenvalue weighted by Gasteiger charge is -2.32. The minimum absolute atomic E-state index is 0.0196. The Morgan fingerprint density at radius 1 is 1.19 bits per heavy atom. The lowest BCUT2D eigenvalue weighted by Crippen LogP contribution is -2.33. The summed E-state index contributed by atoms with van der Waals surface area (Å²) in [4.78, 5) is 12.2. The van der Waals surface area contributed by atoms with Crippen LogP contribution in [0.1, 0.15) is 32.8 Å². The normalized spacial score (nSPS) is 24.1. The molecule has 1 aromatic rings. The Balaban J connectivity index is 2.39. The van der Waals surface area contributed by atoms with Crippen molar-refractivity contribution in [1.29, 1.82) is 0 Å². The Labute approximate surface area is 97.2 Å². The quantitative estimate of drug-likeness (QED) is 0.696. The van der Waals surface area contributed by atoms with Crippen LogP contribution in [0.3, 0.4) is 0 Å². The first-order valence-electron chi connectivity index (χ1n) is 5.82. The third-order valence-corrected chi connectivity index (χ3v) is 3.47. The summed E-state index contributed by atoms with van der Waals surface area (Å²) in [5.41, 5.74) is 2.17. The molecule has 0 heterocycles. The topological polar surface area (TPSA) is 17.1 Å². The lowest BCUT2D eigenvalue weighted by atomic mass is 9.70. The van der Waals surface area contributed by atoms with Crippen LogP contribution < -0.4 is 0 Å². The smallest absolute Gasteiger partial charge is 0.145 e. The predicted octanol–water partition coefficient (Wildman–Crippen LogP) is 3.71. The van der Waals surface area contributed by atoms with Crippen molar-refractivity contribution < 1.29 is 4.79 Å². The molecular formula is C15H18O. The van der Waals surface area contributed by atoms with Crippen LogP contribution in [0.25, 0.3) is 5.57 Å². The summed E-state index contributed by atoms with van der Waals surface area (Å²) in [6.45, 7) is 6.08. The molecule has 1 aliphatic rings. The van der Waals surface area contributed by atoms with E-state index in [4.69, 9.17) is 0 Å². The van der Waals surface area contributed by atoms with E-state index < -0.39 is 0 Å². The van der Waals surface area contributed by atoms with E-state index in [1.54, 1.807) is 0 Å². The van der Waals surface area contributed by atoms with Gasteiger partial charge in [0, 0.05) is 11.3 Å². The molecule has 1 atom stereocenters. The summed E-state index contributed by atoms with van der Waals surface area (Å²) >= 11 is 0. The van der Waals surface area contributed by atoms with E-state index in [2.05, 4.69) is 18.2 Å². The number of rotatable bonds is 1. The van der Waals surface area contributed by atoms with Crippen molar-refractivity contribution in [3.8, 4) is 0 Å². The molecule has 1 aromatic carbocycles. The summed E-state index contributed by atoms with van der Waals surface area (Å²) in [6, 6.07) is 10.2. The summed E-state index contributed by atoms with van der Waals surface area (Å²) in [5.74, 6) is 0.375. The van der Waals surface area contributed by atoms with Crippen LogP contribution in [0.15, 0.2) is 36.4 Å². The van der Waals surface area contributed by atoms with E-state index in [1.807, 2.05) is 39.0 Å². The number of Topliss-reactive ketones (excluding diaryl/α,β-unsaturated/α-hetero) is 1. The molecule has 0 saturated heterocycles. The fourth-order valence-corrected chi connectivity index (χ4v) is 2.37. The highest BCUT2D eigenvalue weighted by atomic mass is 16.1. The first-order valence-corrected chi connectivity index (χ1v) is 5.82. The van der Waals surface area contributed by atoms with Gasteiger partial charge >= 0.3 is 0 Å². The van der Waals surface area contributed by atoms with Crippen molar-refractivity contribution in [2.45, 2.75) is 27.2 Å². The molecule has 0 N–H and O–H groups in total. The number of carbonyl (C=O) groups is 1. The van der Waals surface area contributed by atoms with Crippen LogP contribution in [0, 0.1) is 11.3 Å². The highest BCUT2D eigenvalue weighted by Crippen LogP contribution is 2.38. The van der Waals surface area contributed by atoms with E-state index >= 15 is 0 Å². The van der Waals surface area contributed by atoms with Crippen LogP contribution in [-0.4, -0.2) is 5.78 Å². The lowest BCUT2D eigenvalue weighted by molar-refractivity contribution is -0.129. The summed E-state index contributed by atoms with van der Waals surface area (Å²) in [7, 11) is 0. The molecule has 0 bridgehead atoms. The van der Waals surface area contributed by atoms with Gasteiger partial charge in [-0.3, -0.25) is 4.79 Å². The highest BCUT2D eigenvalue weighted by molar-refractivity contribution is 5.98. The molecule has 0 saturated carbocycles. The Morgan fingerprint density at radius 3 is 2.44 bits per heavy atom. The second-order valence-corrected chi connectivity index (χ2v) is 5.20. The van der Waals surface area contributed by atoms with Gasteiger partial charge in [-0.1, -0.05) is 57.2 Å². The maximum absolute atomic E-state index is 12.2. The predicted molar refractivity (Wildman–Crippen MR) is 67.0 cm³/mol. The van der Waals surface area contributed by atoms with Crippen LogP contribution in [-0.2, 0) is 4.79 Å². The second-order valence-electron chi connectivity index (χ2n) is 5.20. The van der Waals surface area contributed by atoms with E-state index in [1.165, 1.54) is 11.1 Å². The van der Waals surface area contributed by atoms with Crippen molar-refractivity contribution in [2.24, 2.45) is 11.3 Å². The highest BCUT2D eigenvalue weighted by Gasteiger charge is 2.36. The number of benzene rings is 1. The molecule has 0 aromatic heterocycles. The number of ketones is 1. The molecule has 16 heavy (non-hydrogen) atoms. The van der Waals surface area contributed by atoms with Crippen molar-refractivity contribution in [2.75, 3.05) is 0 Å². The Kier molecular flexibility index (Phi) is 2.71. The van der Waals surface area contributed by atoms with E-state index in [0.717, 1.165) is 6.42 Å². The number of allylic oxidation sites excluding steroid dienone is 2. The first-order chi connectivity index (χ1) is 7.52. The molecule has 0 spiro atoms. The first kappa shape index (κ1) is 11.1. The summed E-state index contributed by atoms with van der Waals surface area (Å²) < 4.78 is 0. The Hall–Kier alpha value is -1.37. The zero-order chi connectivity index (χ0) is 11.8. The summed E-state index contributed by atoms with van der Waals surface area (Å²) in [5, 5.41) is 0. The molecule has 1 heteroatoms. The van der Waals surface area contributed by atoms with Gasteiger partial charge in [-0.2, -0.15) is 0 Å². The molecule has 1 unspecified atom stereocenters. The zero-order valence-electron chi connectivity index (χ0n) is 10.2. The third-order valence-electron chi connectivity index (χ3n) is 3.47. The maximum atomic E-state index is 12.2. The monoisotopic (exact) mass is 214 g/mol. The van der Waals surface area contributed by atoms with Crippen molar-refractivity contribution in [3.63, 3.8) is 0 Å². The van der Waals surface area contributed by atoms with Crippen LogP contribution in [0.5, 0.6) is 0 Å². The molecule has 1 nitrogen and oxygen atoms in total. The van der Waals surface area contributed by atoms with Gasteiger partial charge in [-0.05, 0) is 17.6 Å². The van der Waals surface area contributed by atoms with Crippen LogP contribution >= 0.6 is 0 Å². The Morgan fingerprint density at radius 2 is 1.81 bits per heavy atom. The fourth-order valence-electron chi connectivity index (χ4n) is 2.37. The van der Waals surface area contributed by atoms with Crippen LogP contribution in [0.2, 0.25) is 0 Å². The van der Waals surface area contributed by atoms with E-state index in [9.17, 15) is 4.79 Å². The number of carbonyl (C=O) groups excluding carboxylic acids is 1. The standard InChI is InChI=1S/C15H18O/c1-11-13(12-7-5-4-6-8-12)9-10-15(2,3)14(11)16/h4-9,11H,10H2,1-3H3. The SMILES string of the molecule is CC1C(=O)C(C)(C)CC=C1c1ccccc1.